The van der Waals surface area contributed by atoms with Crippen molar-refractivity contribution in [1.82, 2.24) is 4.72 Å². The van der Waals surface area contributed by atoms with Crippen molar-refractivity contribution in [2.24, 2.45) is 4.99 Å². The third kappa shape index (κ3) is 3.38. The number of rotatable bonds is 3. The molecule has 6 nitrogen and oxygen atoms in total. The highest BCUT2D eigenvalue weighted by atomic mass is 32.2. The lowest BCUT2D eigenvalue weighted by molar-refractivity contribution is 0.171. The fourth-order valence-corrected chi connectivity index (χ4v) is 4.86. The first kappa shape index (κ1) is 18.6. The third-order valence-corrected chi connectivity index (χ3v) is 6.42. The summed E-state index contributed by atoms with van der Waals surface area (Å²) in [7, 11) is -3.64. The second kappa shape index (κ2) is 6.98. The van der Waals surface area contributed by atoms with Crippen LogP contribution in [0, 0.1) is 6.92 Å². The molecule has 0 bridgehead atoms. The first-order chi connectivity index (χ1) is 13.3. The lowest BCUT2D eigenvalue weighted by Gasteiger charge is -2.19. The Morgan fingerprint density at radius 1 is 1.00 bits per heavy atom. The van der Waals surface area contributed by atoms with Crippen LogP contribution >= 0.6 is 0 Å². The first-order valence-corrected chi connectivity index (χ1v) is 10.6. The zero-order valence-corrected chi connectivity index (χ0v) is 16.8. The number of hydrogen-bond acceptors (Lipinski definition) is 5. The van der Waals surface area contributed by atoms with Gasteiger partial charge in [0.1, 0.15) is 24.0 Å². The van der Waals surface area contributed by atoms with Gasteiger partial charge in [0.25, 0.3) is 10.0 Å². The minimum atomic E-state index is -3.64. The van der Waals surface area contributed by atoms with Gasteiger partial charge in [0, 0.05) is 5.57 Å². The Bertz CT molecular complexity index is 1090. The summed E-state index contributed by atoms with van der Waals surface area (Å²) in [4.78, 5) is 4.92. The van der Waals surface area contributed by atoms with Crippen molar-refractivity contribution in [2.45, 2.75) is 26.8 Å². The number of benzene rings is 2. The molecule has 2 aliphatic rings. The highest BCUT2D eigenvalue weighted by molar-refractivity contribution is 8.00. The summed E-state index contributed by atoms with van der Waals surface area (Å²) in [6, 6.07) is 12.9. The number of ether oxygens (including phenoxy) is 2. The Kier molecular flexibility index (Phi) is 4.63. The van der Waals surface area contributed by atoms with Crippen molar-refractivity contribution in [1.29, 1.82) is 0 Å². The molecular formula is C21H22N2O4S. The summed E-state index contributed by atoms with van der Waals surface area (Å²) < 4.78 is 39.2. The van der Waals surface area contributed by atoms with E-state index < -0.39 is 10.0 Å². The fraction of sp³-hybridized carbons (Fsp3) is 0.286. The first-order valence-electron chi connectivity index (χ1n) is 9.13. The molecule has 0 fully saturated rings. The van der Waals surface area contributed by atoms with Crippen LogP contribution in [0.5, 0.6) is 11.5 Å². The molecule has 7 heteroatoms. The molecule has 1 unspecified atom stereocenters. The molecule has 4 rings (SSSR count). The molecule has 1 N–H and O–H groups in total. The molecule has 146 valence electrons. The topological polar surface area (TPSA) is 77.0 Å². The van der Waals surface area contributed by atoms with Gasteiger partial charge in [0.15, 0.2) is 11.5 Å². The smallest absolute Gasteiger partial charge is 0.264 e. The molecule has 0 spiro atoms. The van der Waals surface area contributed by atoms with Crippen LogP contribution in [-0.4, -0.2) is 27.5 Å². The summed E-state index contributed by atoms with van der Waals surface area (Å²) in [5, 5.41) is 0. The molecule has 2 aliphatic heterocycles. The fourth-order valence-electron chi connectivity index (χ4n) is 3.35. The molecule has 28 heavy (non-hydrogen) atoms. The number of aliphatic imine (C=N–C) groups is 1. The number of nitrogens with one attached hydrogen (secondary N) is 1. The molecule has 0 aliphatic carbocycles. The van der Waals surface area contributed by atoms with E-state index in [9.17, 15) is 8.42 Å². The van der Waals surface area contributed by atoms with E-state index in [1.165, 1.54) is 0 Å². The van der Waals surface area contributed by atoms with Crippen LogP contribution in [0.2, 0.25) is 0 Å². The van der Waals surface area contributed by atoms with E-state index in [0.717, 1.165) is 11.1 Å². The summed E-state index contributed by atoms with van der Waals surface area (Å²) in [5.74, 6) is 1.78. The van der Waals surface area contributed by atoms with Gasteiger partial charge >= 0.3 is 0 Å². The predicted octanol–water partition coefficient (Wildman–Crippen LogP) is 3.59. The zero-order chi connectivity index (χ0) is 19.9. The Hall–Kier alpha value is -2.80. The van der Waals surface area contributed by atoms with E-state index >= 15 is 0 Å². The second-order valence-corrected chi connectivity index (χ2v) is 8.60. The van der Waals surface area contributed by atoms with Crippen molar-refractivity contribution >= 4 is 20.8 Å². The minimum Gasteiger partial charge on any atom is -0.486 e. The maximum absolute atomic E-state index is 12.7. The number of amidine groups is 1. The van der Waals surface area contributed by atoms with E-state index in [0.29, 0.717) is 41.7 Å². The van der Waals surface area contributed by atoms with Gasteiger partial charge in [-0.1, -0.05) is 35.9 Å². The van der Waals surface area contributed by atoms with Crippen molar-refractivity contribution in [2.75, 3.05) is 13.2 Å². The van der Waals surface area contributed by atoms with E-state index in [1.807, 2.05) is 56.3 Å². The third-order valence-electron chi connectivity index (χ3n) is 4.88. The van der Waals surface area contributed by atoms with Gasteiger partial charge in [0.2, 0.25) is 0 Å². The van der Waals surface area contributed by atoms with E-state index in [4.69, 9.17) is 9.47 Å². The monoisotopic (exact) mass is 398 g/mol. The molecule has 2 aromatic rings. The number of nitrogens with zero attached hydrogens (tertiary/aromatic N) is 1. The largest absolute Gasteiger partial charge is 0.486 e. The average molecular weight is 398 g/mol. The van der Waals surface area contributed by atoms with Crippen LogP contribution in [-0.2, 0) is 10.0 Å². The Labute approximate surface area is 165 Å². The molecule has 0 saturated heterocycles. The number of hydrogen-bond donors (Lipinski definition) is 1. The lowest BCUT2D eigenvalue weighted by atomic mass is 10.1. The van der Waals surface area contributed by atoms with Crippen molar-refractivity contribution in [3.63, 3.8) is 0 Å². The molecule has 1 atom stereocenters. The highest BCUT2D eigenvalue weighted by Crippen LogP contribution is 2.35. The van der Waals surface area contributed by atoms with Crippen LogP contribution in [0.4, 0.5) is 0 Å². The maximum Gasteiger partial charge on any atom is 0.264 e. The zero-order valence-electron chi connectivity index (χ0n) is 16.0. The SMILES string of the molecule is CC1=C(c2ccc(C)cc2)S(=O)(=O)NC1=NC(C)c1ccc2c(c1)OCCO2. The van der Waals surface area contributed by atoms with E-state index in [-0.39, 0.29) is 10.9 Å². The van der Waals surface area contributed by atoms with Crippen LogP contribution in [0.15, 0.2) is 53.0 Å². The van der Waals surface area contributed by atoms with Crippen molar-refractivity contribution < 1.29 is 17.9 Å². The molecular weight excluding hydrogens is 376 g/mol. The molecule has 0 radical (unpaired) electrons. The predicted molar refractivity (Wildman–Crippen MR) is 109 cm³/mol. The van der Waals surface area contributed by atoms with Crippen LogP contribution in [0.1, 0.15) is 36.6 Å². The van der Waals surface area contributed by atoms with E-state index in [1.54, 1.807) is 6.92 Å². The van der Waals surface area contributed by atoms with Crippen LogP contribution < -0.4 is 14.2 Å². The maximum atomic E-state index is 12.7. The Balaban J connectivity index is 1.69. The Morgan fingerprint density at radius 3 is 2.39 bits per heavy atom. The number of sulfonamides is 1. The van der Waals surface area contributed by atoms with Gasteiger partial charge in [0.05, 0.1) is 6.04 Å². The molecule has 2 heterocycles. The molecule has 2 aromatic carbocycles. The molecule has 0 saturated carbocycles. The van der Waals surface area contributed by atoms with Crippen LogP contribution in [0.25, 0.3) is 4.91 Å². The summed E-state index contributed by atoms with van der Waals surface area (Å²) in [6.07, 6.45) is 0. The van der Waals surface area contributed by atoms with Gasteiger partial charge in [-0.15, -0.1) is 0 Å². The standard InChI is InChI=1S/C21H22N2O4S/c1-13-4-6-16(7-5-13)20-14(2)21(23-28(20,24)25)22-15(3)17-8-9-18-19(12-17)27-11-10-26-18/h4-9,12,15H,10-11H2,1-3H3,(H,22,23). The van der Waals surface area contributed by atoms with Gasteiger partial charge < -0.3 is 9.47 Å². The minimum absolute atomic E-state index is 0.249. The summed E-state index contributed by atoms with van der Waals surface area (Å²) >= 11 is 0. The highest BCUT2D eigenvalue weighted by Gasteiger charge is 2.33. The Morgan fingerprint density at radius 2 is 1.68 bits per heavy atom. The second-order valence-electron chi connectivity index (χ2n) is 6.98. The summed E-state index contributed by atoms with van der Waals surface area (Å²) in [5.41, 5.74) is 3.28. The number of fused-ring (bicyclic) bond motifs is 1. The quantitative estimate of drug-likeness (QED) is 0.857. The lowest BCUT2D eigenvalue weighted by Crippen LogP contribution is -2.24. The van der Waals surface area contributed by atoms with Crippen LogP contribution in [0.3, 0.4) is 0 Å². The van der Waals surface area contributed by atoms with Crippen molar-refractivity contribution in [3.05, 3.63) is 64.7 Å². The van der Waals surface area contributed by atoms with Gasteiger partial charge in [-0.25, -0.2) is 8.42 Å². The molecule has 0 aromatic heterocycles. The van der Waals surface area contributed by atoms with Gasteiger partial charge in [-0.3, -0.25) is 9.71 Å². The van der Waals surface area contributed by atoms with Crippen molar-refractivity contribution in [3.8, 4) is 11.5 Å². The number of aryl methyl sites for hydroxylation is 1. The summed E-state index contributed by atoms with van der Waals surface area (Å²) in [6.45, 7) is 6.72. The van der Waals surface area contributed by atoms with E-state index in [2.05, 4.69) is 9.71 Å². The normalized spacial score (nSPS) is 20.2. The molecule has 0 amide bonds. The van der Waals surface area contributed by atoms with Gasteiger partial charge in [-0.2, -0.15) is 0 Å². The van der Waals surface area contributed by atoms with Gasteiger partial charge in [-0.05, 0) is 44.0 Å². The average Bonchev–Trinajstić information content (AvgIpc) is 2.90.